The van der Waals surface area contributed by atoms with Crippen LogP contribution in [0.1, 0.15) is 12.5 Å². The molecular formula is C18H18ClN3O4. The van der Waals surface area contributed by atoms with Crippen molar-refractivity contribution < 1.29 is 19.1 Å². The number of hydrazine groups is 1. The molecule has 0 saturated carbocycles. The van der Waals surface area contributed by atoms with Crippen molar-refractivity contribution in [3.05, 3.63) is 59.1 Å². The van der Waals surface area contributed by atoms with E-state index in [0.29, 0.717) is 16.5 Å². The first-order valence-corrected chi connectivity index (χ1v) is 8.13. The van der Waals surface area contributed by atoms with Crippen LogP contribution in [0.2, 0.25) is 5.02 Å². The van der Waals surface area contributed by atoms with E-state index in [-0.39, 0.29) is 24.8 Å². The predicted octanol–water partition coefficient (Wildman–Crippen LogP) is 2.07. The molecule has 2 rings (SSSR count). The Labute approximate surface area is 155 Å². The molecule has 0 radical (unpaired) electrons. The Bertz CT molecular complexity index is 793. The lowest BCUT2D eigenvalue weighted by Crippen LogP contribution is -2.44. The summed E-state index contributed by atoms with van der Waals surface area (Å²) in [5, 5.41) is 3.03. The average Bonchev–Trinajstić information content (AvgIpc) is 2.60. The molecular weight excluding hydrogens is 358 g/mol. The number of carbonyl (C=O) groups is 3. The number of amides is 3. The molecule has 2 aromatic carbocycles. The van der Waals surface area contributed by atoms with Gasteiger partial charge in [-0.25, -0.2) is 0 Å². The first kappa shape index (κ1) is 19.3. The van der Waals surface area contributed by atoms with Crippen LogP contribution in [0.25, 0.3) is 0 Å². The maximum absolute atomic E-state index is 11.9. The van der Waals surface area contributed by atoms with E-state index in [0.717, 1.165) is 5.56 Å². The van der Waals surface area contributed by atoms with Crippen molar-refractivity contribution in [1.82, 2.24) is 10.9 Å². The Balaban J connectivity index is 1.73. The first-order valence-electron chi connectivity index (χ1n) is 7.75. The molecule has 0 fully saturated rings. The highest BCUT2D eigenvalue weighted by Crippen LogP contribution is 2.22. The van der Waals surface area contributed by atoms with Gasteiger partial charge < -0.3 is 10.1 Å². The lowest BCUT2D eigenvalue weighted by molar-refractivity contribution is -0.129. The number of carbonyl (C=O) groups excluding carboxylic acids is 3. The summed E-state index contributed by atoms with van der Waals surface area (Å²) in [6.07, 6.45) is 0.0754. The monoisotopic (exact) mass is 375 g/mol. The van der Waals surface area contributed by atoms with Crippen LogP contribution in [0.5, 0.6) is 5.75 Å². The van der Waals surface area contributed by atoms with Crippen LogP contribution in [0.3, 0.4) is 0 Å². The fraction of sp³-hybridized carbons (Fsp3) is 0.167. The second-order valence-electron chi connectivity index (χ2n) is 5.37. The number of nitrogens with one attached hydrogen (secondary N) is 3. The quantitative estimate of drug-likeness (QED) is 0.673. The number of para-hydroxylation sites is 1. The van der Waals surface area contributed by atoms with Crippen LogP contribution in [-0.2, 0) is 20.8 Å². The summed E-state index contributed by atoms with van der Waals surface area (Å²) in [6.45, 7) is 1.13. The van der Waals surface area contributed by atoms with E-state index in [9.17, 15) is 14.4 Å². The third kappa shape index (κ3) is 6.45. The van der Waals surface area contributed by atoms with Crippen LogP contribution in [0, 0.1) is 0 Å². The van der Waals surface area contributed by atoms with Crippen molar-refractivity contribution in [3.63, 3.8) is 0 Å². The second-order valence-corrected chi connectivity index (χ2v) is 5.78. The first-order chi connectivity index (χ1) is 12.4. The molecule has 0 aliphatic heterocycles. The minimum atomic E-state index is -0.515. The van der Waals surface area contributed by atoms with E-state index in [2.05, 4.69) is 16.2 Å². The highest BCUT2D eigenvalue weighted by molar-refractivity contribution is 6.32. The van der Waals surface area contributed by atoms with E-state index >= 15 is 0 Å². The van der Waals surface area contributed by atoms with E-state index in [1.807, 2.05) is 0 Å². The van der Waals surface area contributed by atoms with Gasteiger partial charge in [0.25, 0.3) is 5.91 Å². The Morgan fingerprint density at radius 3 is 2.27 bits per heavy atom. The topological polar surface area (TPSA) is 96.5 Å². The molecule has 2 aromatic rings. The normalized spacial score (nSPS) is 9.92. The third-order valence-electron chi connectivity index (χ3n) is 3.18. The minimum Gasteiger partial charge on any atom is -0.482 e. The summed E-state index contributed by atoms with van der Waals surface area (Å²) in [6, 6.07) is 13.6. The maximum atomic E-state index is 11.9. The molecule has 0 aliphatic rings. The number of benzene rings is 2. The molecule has 0 aromatic heterocycles. The van der Waals surface area contributed by atoms with Crippen molar-refractivity contribution in [2.24, 2.45) is 0 Å². The van der Waals surface area contributed by atoms with E-state index in [4.69, 9.17) is 16.3 Å². The predicted molar refractivity (Wildman–Crippen MR) is 97.7 cm³/mol. The molecule has 0 bridgehead atoms. The zero-order valence-corrected chi connectivity index (χ0v) is 14.8. The van der Waals surface area contributed by atoms with Gasteiger partial charge >= 0.3 is 0 Å². The van der Waals surface area contributed by atoms with Gasteiger partial charge in [-0.1, -0.05) is 35.9 Å². The minimum absolute atomic E-state index is 0.0754. The van der Waals surface area contributed by atoms with Gasteiger partial charge in [0.15, 0.2) is 6.61 Å². The molecule has 0 saturated heterocycles. The number of halogens is 1. The summed E-state index contributed by atoms with van der Waals surface area (Å²) < 4.78 is 5.26. The lowest BCUT2D eigenvalue weighted by atomic mass is 10.1. The molecule has 3 N–H and O–H groups in total. The number of rotatable bonds is 6. The van der Waals surface area contributed by atoms with Gasteiger partial charge in [0.05, 0.1) is 11.4 Å². The van der Waals surface area contributed by atoms with Gasteiger partial charge in [-0.05, 0) is 29.8 Å². The highest BCUT2D eigenvalue weighted by atomic mass is 35.5. The molecule has 0 spiro atoms. The second kappa shape index (κ2) is 9.43. The Hall–Kier alpha value is -3.06. The standard InChI is InChI=1S/C18H18ClN3O4/c1-12(23)20-14-8-6-13(7-9-14)10-17(24)21-22-18(25)11-26-16-5-3-2-4-15(16)19/h2-9H,10-11H2,1H3,(H,20,23)(H,21,24)(H,22,25). The fourth-order valence-corrected chi connectivity index (χ4v) is 2.21. The summed E-state index contributed by atoms with van der Waals surface area (Å²) in [5.41, 5.74) is 5.95. The van der Waals surface area contributed by atoms with Crippen molar-refractivity contribution >= 4 is 35.0 Å². The van der Waals surface area contributed by atoms with Crippen LogP contribution < -0.4 is 20.9 Å². The van der Waals surface area contributed by atoms with Gasteiger partial charge in [-0.15, -0.1) is 0 Å². The van der Waals surface area contributed by atoms with Gasteiger partial charge in [0.1, 0.15) is 5.75 Å². The SMILES string of the molecule is CC(=O)Nc1ccc(CC(=O)NNC(=O)COc2ccccc2Cl)cc1. The molecule has 7 nitrogen and oxygen atoms in total. The maximum Gasteiger partial charge on any atom is 0.276 e. The number of anilines is 1. The Morgan fingerprint density at radius 1 is 0.962 bits per heavy atom. The molecule has 0 aliphatic carbocycles. The van der Waals surface area contributed by atoms with Crippen molar-refractivity contribution in [3.8, 4) is 5.75 Å². The summed E-state index contributed by atoms with van der Waals surface area (Å²) in [7, 11) is 0. The fourth-order valence-electron chi connectivity index (χ4n) is 2.02. The third-order valence-corrected chi connectivity index (χ3v) is 3.49. The van der Waals surface area contributed by atoms with Crippen LogP contribution >= 0.6 is 11.6 Å². The van der Waals surface area contributed by atoms with Crippen LogP contribution in [0.4, 0.5) is 5.69 Å². The van der Waals surface area contributed by atoms with E-state index in [1.165, 1.54) is 6.92 Å². The van der Waals surface area contributed by atoms with Crippen molar-refractivity contribution in [2.45, 2.75) is 13.3 Å². The molecule has 26 heavy (non-hydrogen) atoms. The van der Waals surface area contributed by atoms with Crippen molar-refractivity contribution in [2.75, 3.05) is 11.9 Å². The van der Waals surface area contributed by atoms with Gasteiger partial charge in [-0.2, -0.15) is 0 Å². The molecule has 0 unspecified atom stereocenters. The smallest absolute Gasteiger partial charge is 0.276 e. The zero-order chi connectivity index (χ0) is 18.9. The molecule has 3 amide bonds. The molecule has 136 valence electrons. The molecule has 0 heterocycles. The summed E-state index contributed by atoms with van der Waals surface area (Å²) in [5.74, 6) is -0.685. The van der Waals surface area contributed by atoms with E-state index < -0.39 is 5.91 Å². The lowest BCUT2D eigenvalue weighted by Gasteiger charge is -2.10. The number of hydrogen-bond acceptors (Lipinski definition) is 4. The van der Waals surface area contributed by atoms with Gasteiger partial charge in [0.2, 0.25) is 11.8 Å². The largest absolute Gasteiger partial charge is 0.482 e. The Morgan fingerprint density at radius 2 is 1.62 bits per heavy atom. The van der Waals surface area contributed by atoms with Crippen molar-refractivity contribution in [1.29, 1.82) is 0 Å². The summed E-state index contributed by atoms with van der Waals surface area (Å²) in [4.78, 5) is 34.5. The molecule has 8 heteroatoms. The van der Waals surface area contributed by atoms with Crippen LogP contribution in [-0.4, -0.2) is 24.3 Å². The van der Waals surface area contributed by atoms with E-state index in [1.54, 1.807) is 48.5 Å². The molecule has 0 atom stereocenters. The zero-order valence-electron chi connectivity index (χ0n) is 14.0. The average molecular weight is 376 g/mol. The number of hydrogen-bond donors (Lipinski definition) is 3. The highest BCUT2D eigenvalue weighted by Gasteiger charge is 2.08. The van der Waals surface area contributed by atoms with Crippen LogP contribution in [0.15, 0.2) is 48.5 Å². The Kier molecular flexibility index (Phi) is 6.99. The van der Waals surface area contributed by atoms with Gasteiger partial charge in [0, 0.05) is 12.6 Å². The number of ether oxygens (including phenoxy) is 1. The van der Waals surface area contributed by atoms with Gasteiger partial charge in [-0.3, -0.25) is 25.2 Å². The summed E-state index contributed by atoms with van der Waals surface area (Å²) >= 11 is 5.91.